The predicted molar refractivity (Wildman–Crippen MR) is 72.2 cm³/mol. The molecule has 2 aliphatic rings. The zero-order valence-electron chi connectivity index (χ0n) is 12.0. The summed E-state index contributed by atoms with van der Waals surface area (Å²) in [5, 5.41) is 3.23. The summed E-state index contributed by atoms with van der Waals surface area (Å²) in [7, 11) is 0. The number of hydrogen-bond donors (Lipinski definition) is 1. The van der Waals surface area contributed by atoms with E-state index in [1.807, 2.05) is 13.0 Å². The Morgan fingerprint density at radius 1 is 1.30 bits per heavy atom. The quantitative estimate of drug-likeness (QED) is 0.844. The number of rotatable bonds is 4. The van der Waals surface area contributed by atoms with Crippen LogP contribution < -0.4 is 5.32 Å². The van der Waals surface area contributed by atoms with Crippen molar-refractivity contribution >= 4 is 0 Å². The molecule has 0 spiro atoms. The molecule has 0 saturated heterocycles. The van der Waals surface area contributed by atoms with Gasteiger partial charge in [0.05, 0.1) is 18.6 Å². The van der Waals surface area contributed by atoms with Crippen molar-refractivity contribution in [3.05, 3.63) is 11.8 Å². The predicted octanol–water partition coefficient (Wildman–Crippen LogP) is 4.03. The van der Waals surface area contributed by atoms with Crippen LogP contribution in [0, 0.1) is 11.8 Å². The molecule has 2 nitrogen and oxygen atoms in total. The molecule has 1 saturated carbocycles. The van der Waals surface area contributed by atoms with E-state index in [1.165, 1.54) is 0 Å². The minimum absolute atomic E-state index is 0.253. The SMILES string of the molecule is CCNC(C1=CCCCO1)C1CCCCC1C(F)(F)F. The van der Waals surface area contributed by atoms with Crippen molar-refractivity contribution in [2.45, 2.75) is 57.7 Å². The Bertz CT molecular complexity index is 341. The number of nitrogens with one attached hydrogen (secondary N) is 1. The summed E-state index contributed by atoms with van der Waals surface area (Å²) in [6.45, 7) is 3.21. The van der Waals surface area contributed by atoms with Gasteiger partial charge in [0.1, 0.15) is 5.76 Å². The Kier molecular flexibility index (Phi) is 5.35. The molecule has 1 fully saturated rings. The summed E-state index contributed by atoms with van der Waals surface area (Å²) in [4.78, 5) is 0. The first-order valence-corrected chi connectivity index (χ1v) is 7.67. The summed E-state index contributed by atoms with van der Waals surface area (Å²) in [6, 6.07) is -0.285. The molecule has 2 rings (SSSR count). The minimum atomic E-state index is -4.10. The maximum atomic E-state index is 13.3. The standard InChI is InChI=1S/C15H24F3NO/c1-2-19-14(13-9-5-6-10-20-13)11-7-3-4-8-12(11)15(16,17)18/h9,11-12,14,19H,2-8,10H2,1H3. The smallest absolute Gasteiger partial charge is 0.392 e. The second-order valence-corrected chi connectivity index (χ2v) is 5.73. The lowest BCUT2D eigenvalue weighted by atomic mass is 9.74. The largest absolute Gasteiger partial charge is 0.497 e. The van der Waals surface area contributed by atoms with E-state index in [0.29, 0.717) is 26.0 Å². The van der Waals surface area contributed by atoms with E-state index in [4.69, 9.17) is 4.74 Å². The van der Waals surface area contributed by atoms with Gasteiger partial charge in [0.2, 0.25) is 0 Å². The molecule has 0 aromatic rings. The molecule has 0 bridgehead atoms. The summed E-state index contributed by atoms with van der Waals surface area (Å²) in [6.07, 6.45) is 2.17. The topological polar surface area (TPSA) is 21.3 Å². The number of hydrogen-bond acceptors (Lipinski definition) is 2. The molecule has 20 heavy (non-hydrogen) atoms. The Morgan fingerprint density at radius 2 is 2.05 bits per heavy atom. The molecular weight excluding hydrogens is 267 g/mol. The van der Waals surface area contributed by atoms with E-state index in [1.54, 1.807) is 0 Å². The highest BCUT2D eigenvalue weighted by Gasteiger charge is 2.48. The maximum absolute atomic E-state index is 13.3. The highest BCUT2D eigenvalue weighted by atomic mass is 19.4. The van der Waals surface area contributed by atoms with E-state index in [0.717, 1.165) is 25.0 Å². The van der Waals surface area contributed by atoms with Gasteiger partial charge in [0.25, 0.3) is 0 Å². The average molecular weight is 291 g/mol. The second-order valence-electron chi connectivity index (χ2n) is 5.73. The van der Waals surface area contributed by atoms with Crippen molar-refractivity contribution in [1.29, 1.82) is 0 Å². The summed E-state index contributed by atoms with van der Waals surface area (Å²) < 4.78 is 45.5. The van der Waals surface area contributed by atoms with Crippen LogP contribution in [0.2, 0.25) is 0 Å². The fourth-order valence-electron chi connectivity index (χ4n) is 3.44. The molecule has 5 heteroatoms. The first-order chi connectivity index (χ1) is 9.54. The molecular formula is C15H24F3NO. The number of alkyl halides is 3. The van der Waals surface area contributed by atoms with E-state index in [9.17, 15) is 13.2 Å². The Labute approximate surface area is 118 Å². The van der Waals surface area contributed by atoms with Crippen molar-refractivity contribution in [3.8, 4) is 0 Å². The van der Waals surface area contributed by atoms with Gasteiger partial charge in [0, 0.05) is 0 Å². The number of allylic oxidation sites excluding steroid dienone is 1. The zero-order valence-corrected chi connectivity index (χ0v) is 12.0. The molecule has 0 aromatic heterocycles. The molecule has 0 aromatic carbocycles. The maximum Gasteiger partial charge on any atom is 0.392 e. The van der Waals surface area contributed by atoms with Crippen molar-refractivity contribution in [3.63, 3.8) is 0 Å². The Balaban J connectivity index is 2.19. The molecule has 3 unspecified atom stereocenters. The first kappa shape index (κ1) is 15.7. The van der Waals surface area contributed by atoms with Crippen LogP contribution in [0.3, 0.4) is 0 Å². The van der Waals surface area contributed by atoms with Crippen LogP contribution in [-0.2, 0) is 4.74 Å². The van der Waals surface area contributed by atoms with Crippen LogP contribution in [0.25, 0.3) is 0 Å². The molecule has 116 valence electrons. The lowest BCUT2D eigenvalue weighted by Crippen LogP contribution is -2.47. The third kappa shape index (κ3) is 3.68. The zero-order chi connectivity index (χ0) is 14.6. The summed E-state index contributed by atoms with van der Waals surface area (Å²) in [5.74, 6) is -0.862. The van der Waals surface area contributed by atoms with Crippen molar-refractivity contribution in [1.82, 2.24) is 5.32 Å². The van der Waals surface area contributed by atoms with Gasteiger partial charge in [-0.25, -0.2) is 0 Å². The van der Waals surface area contributed by atoms with Gasteiger partial charge in [-0.15, -0.1) is 0 Å². The first-order valence-electron chi connectivity index (χ1n) is 7.67. The van der Waals surface area contributed by atoms with Crippen LogP contribution in [-0.4, -0.2) is 25.4 Å². The molecule has 3 atom stereocenters. The van der Waals surface area contributed by atoms with E-state index < -0.39 is 18.0 Å². The van der Waals surface area contributed by atoms with Gasteiger partial charge in [-0.1, -0.05) is 19.8 Å². The molecule has 1 heterocycles. The fraction of sp³-hybridized carbons (Fsp3) is 0.867. The second kappa shape index (κ2) is 6.83. The fourth-order valence-corrected chi connectivity index (χ4v) is 3.44. The summed E-state index contributed by atoms with van der Waals surface area (Å²) >= 11 is 0. The van der Waals surface area contributed by atoms with Gasteiger partial charge >= 0.3 is 6.18 Å². The molecule has 1 N–H and O–H groups in total. The third-order valence-electron chi connectivity index (χ3n) is 4.36. The van der Waals surface area contributed by atoms with Crippen molar-refractivity contribution < 1.29 is 17.9 Å². The van der Waals surface area contributed by atoms with Gasteiger partial charge in [-0.05, 0) is 44.2 Å². The van der Waals surface area contributed by atoms with Gasteiger partial charge < -0.3 is 10.1 Å². The lowest BCUT2D eigenvalue weighted by molar-refractivity contribution is -0.199. The Morgan fingerprint density at radius 3 is 2.65 bits per heavy atom. The highest BCUT2D eigenvalue weighted by molar-refractivity contribution is 5.09. The highest BCUT2D eigenvalue weighted by Crippen LogP contribution is 2.44. The Hall–Kier alpha value is -0.710. The third-order valence-corrected chi connectivity index (χ3v) is 4.36. The average Bonchev–Trinajstić information content (AvgIpc) is 2.45. The van der Waals surface area contributed by atoms with Crippen molar-refractivity contribution in [2.75, 3.05) is 13.2 Å². The molecule has 0 radical (unpaired) electrons. The van der Waals surface area contributed by atoms with Crippen LogP contribution in [0.1, 0.15) is 45.4 Å². The number of likely N-dealkylation sites (N-methyl/N-ethyl adjacent to an activating group) is 1. The van der Waals surface area contributed by atoms with Crippen molar-refractivity contribution in [2.24, 2.45) is 11.8 Å². The molecule has 1 aliphatic heterocycles. The van der Waals surface area contributed by atoms with E-state index in [2.05, 4.69) is 5.32 Å². The van der Waals surface area contributed by atoms with Gasteiger partial charge in [-0.3, -0.25) is 0 Å². The van der Waals surface area contributed by atoms with Gasteiger partial charge in [0.15, 0.2) is 0 Å². The van der Waals surface area contributed by atoms with E-state index in [-0.39, 0.29) is 12.5 Å². The summed E-state index contributed by atoms with van der Waals surface area (Å²) in [5.41, 5.74) is 0. The van der Waals surface area contributed by atoms with Crippen LogP contribution in [0.5, 0.6) is 0 Å². The number of halogens is 3. The molecule has 0 amide bonds. The van der Waals surface area contributed by atoms with Crippen LogP contribution >= 0.6 is 0 Å². The van der Waals surface area contributed by atoms with Crippen LogP contribution in [0.15, 0.2) is 11.8 Å². The van der Waals surface area contributed by atoms with Gasteiger partial charge in [-0.2, -0.15) is 13.2 Å². The minimum Gasteiger partial charge on any atom is -0.497 e. The monoisotopic (exact) mass is 291 g/mol. The van der Waals surface area contributed by atoms with E-state index >= 15 is 0 Å². The lowest BCUT2D eigenvalue weighted by Gasteiger charge is -2.39. The number of ether oxygens (including phenoxy) is 1. The molecule has 1 aliphatic carbocycles. The normalized spacial score (nSPS) is 29.5. The van der Waals surface area contributed by atoms with Crippen LogP contribution in [0.4, 0.5) is 13.2 Å².